The van der Waals surface area contributed by atoms with Gasteiger partial charge >= 0.3 is 0 Å². The Morgan fingerprint density at radius 1 is 1.35 bits per heavy atom. The van der Waals surface area contributed by atoms with E-state index in [0.717, 1.165) is 5.56 Å². The third-order valence-corrected chi connectivity index (χ3v) is 3.06. The van der Waals surface area contributed by atoms with Crippen LogP contribution in [0.3, 0.4) is 0 Å². The molecular weight excluding hydrogens is 238 g/mol. The van der Waals surface area contributed by atoms with Crippen molar-refractivity contribution in [3.8, 4) is 0 Å². The lowest BCUT2D eigenvalue weighted by Gasteiger charge is -1.99. The smallest absolute Gasteiger partial charge is 0.270 e. The summed E-state index contributed by atoms with van der Waals surface area (Å²) in [5.41, 5.74) is 1.26. The van der Waals surface area contributed by atoms with Gasteiger partial charge in [0.15, 0.2) is 5.78 Å². The molecule has 5 heteroatoms. The molecule has 0 bridgehead atoms. The molecule has 0 amide bonds. The van der Waals surface area contributed by atoms with E-state index in [-0.39, 0.29) is 17.9 Å². The fraction of sp³-hybridized carbons (Fsp3) is 0.0833. The zero-order chi connectivity index (χ0) is 12.3. The van der Waals surface area contributed by atoms with Crippen molar-refractivity contribution in [2.45, 2.75) is 6.42 Å². The maximum Gasteiger partial charge on any atom is 0.270 e. The van der Waals surface area contributed by atoms with E-state index in [1.54, 1.807) is 6.07 Å². The number of Topliss-reactive ketones (excluding diaryl/α,β-unsaturated/α-hetero) is 1. The Balaban J connectivity index is 2.19. The van der Waals surface area contributed by atoms with Crippen LogP contribution in [0.1, 0.15) is 15.9 Å². The lowest BCUT2D eigenvalue weighted by atomic mass is 10.0. The summed E-state index contributed by atoms with van der Waals surface area (Å²) in [5, 5.41) is 14.4. The van der Waals surface area contributed by atoms with Gasteiger partial charge in [0.05, 0.1) is 4.92 Å². The number of hydrogen-bond donors (Lipinski definition) is 0. The minimum absolute atomic E-state index is 0.0545. The van der Waals surface area contributed by atoms with Crippen LogP contribution < -0.4 is 0 Å². The van der Waals surface area contributed by atoms with E-state index in [9.17, 15) is 14.9 Å². The average molecular weight is 247 g/mol. The third kappa shape index (κ3) is 2.76. The van der Waals surface area contributed by atoms with Gasteiger partial charge in [0, 0.05) is 24.1 Å². The first kappa shape index (κ1) is 11.5. The Labute approximate surface area is 102 Å². The fourth-order valence-corrected chi connectivity index (χ4v) is 2.14. The largest absolute Gasteiger partial charge is 0.294 e. The molecule has 4 nitrogen and oxygen atoms in total. The van der Waals surface area contributed by atoms with Crippen molar-refractivity contribution in [1.29, 1.82) is 0 Å². The molecule has 0 unspecified atom stereocenters. The first-order chi connectivity index (χ1) is 8.16. The minimum atomic E-state index is -0.499. The molecule has 86 valence electrons. The molecule has 17 heavy (non-hydrogen) atoms. The Morgan fingerprint density at radius 3 is 2.82 bits per heavy atom. The number of carbonyl (C=O) groups is 1. The summed E-state index contributed by atoms with van der Waals surface area (Å²) in [6.07, 6.45) is 0.282. The van der Waals surface area contributed by atoms with Gasteiger partial charge in [-0.3, -0.25) is 14.9 Å². The third-order valence-electron chi connectivity index (χ3n) is 2.32. The molecule has 0 atom stereocenters. The van der Waals surface area contributed by atoms with Gasteiger partial charge in [0.2, 0.25) is 0 Å². The highest BCUT2D eigenvalue weighted by Gasteiger charge is 2.11. The minimum Gasteiger partial charge on any atom is -0.294 e. The number of benzene rings is 1. The predicted molar refractivity (Wildman–Crippen MR) is 65.4 cm³/mol. The van der Waals surface area contributed by atoms with Gasteiger partial charge < -0.3 is 0 Å². The molecule has 1 aromatic heterocycles. The normalized spacial score (nSPS) is 10.1. The van der Waals surface area contributed by atoms with Crippen molar-refractivity contribution in [3.05, 3.63) is 62.3 Å². The molecule has 1 heterocycles. The van der Waals surface area contributed by atoms with Crippen LogP contribution in [-0.2, 0) is 6.42 Å². The summed E-state index contributed by atoms with van der Waals surface area (Å²) in [6.45, 7) is 0. The quantitative estimate of drug-likeness (QED) is 0.474. The molecule has 0 saturated carbocycles. The number of carbonyl (C=O) groups excluding carboxylic acids is 1. The SMILES string of the molecule is O=C(Cc1ccsc1)c1cccc([N+](=O)[O-])c1. The lowest BCUT2D eigenvalue weighted by Crippen LogP contribution is -2.03. The summed E-state index contributed by atoms with van der Waals surface area (Å²) < 4.78 is 0. The van der Waals surface area contributed by atoms with Crippen LogP contribution in [0.4, 0.5) is 5.69 Å². The monoisotopic (exact) mass is 247 g/mol. The first-order valence-electron chi connectivity index (χ1n) is 4.95. The second-order valence-electron chi connectivity index (χ2n) is 3.54. The highest BCUT2D eigenvalue weighted by atomic mass is 32.1. The van der Waals surface area contributed by atoms with Gasteiger partial charge in [-0.15, -0.1) is 0 Å². The van der Waals surface area contributed by atoms with Gasteiger partial charge in [-0.2, -0.15) is 11.3 Å². The number of non-ortho nitro benzene ring substituents is 1. The number of ketones is 1. The van der Waals surface area contributed by atoms with Crippen LogP contribution >= 0.6 is 11.3 Å². The number of rotatable bonds is 4. The van der Waals surface area contributed by atoms with Crippen molar-refractivity contribution >= 4 is 22.8 Å². The molecular formula is C12H9NO3S. The van der Waals surface area contributed by atoms with Crippen molar-refractivity contribution in [3.63, 3.8) is 0 Å². The molecule has 0 aliphatic carbocycles. The Morgan fingerprint density at radius 2 is 2.18 bits per heavy atom. The van der Waals surface area contributed by atoms with Gasteiger partial charge in [-0.05, 0) is 22.4 Å². The Bertz CT molecular complexity index is 549. The number of nitrogens with zero attached hydrogens (tertiary/aromatic N) is 1. The maximum absolute atomic E-state index is 11.9. The molecule has 0 aliphatic rings. The van der Waals surface area contributed by atoms with Crippen molar-refractivity contribution in [1.82, 2.24) is 0 Å². The van der Waals surface area contributed by atoms with Gasteiger partial charge in [-0.25, -0.2) is 0 Å². The predicted octanol–water partition coefficient (Wildman–Crippen LogP) is 3.08. The second kappa shape index (κ2) is 4.88. The van der Waals surface area contributed by atoms with Crippen LogP contribution in [0.25, 0.3) is 0 Å². The first-order valence-corrected chi connectivity index (χ1v) is 5.90. The molecule has 0 radical (unpaired) electrons. The average Bonchev–Trinajstić information content (AvgIpc) is 2.82. The Kier molecular flexibility index (Phi) is 3.30. The van der Waals surface area contributed by atoms with Gasteiger partial charge in [-0.1, -0.05) is 12.1 Å². The highest BCUT2D eigenvalue weighted by molar-refractivity contribution is 7.08. The van der Waals surface area contributed by atoms with Gasteiger partial charge in [0.25, 0.3) is 5.69 Å². The molecule has 0 aliphatic heterocycles. The van der Waals surface area contributed by atoms with E-state index < -0.39 is 4.92 Å². The van der Waals surface area contributed by atoms with Crippen molar-refractivity contribution in [2.24, 2.45) is 0 Å². The molecule has 1 aromatic carbocycles. The van der Waals surface area contributed by atoms with E-state index in [4.69, 9.17) is 0 Å². The van der Waals surface area contributed by atoms with Crippen LogP contribution in [0, 0.1) is 10.1 Å². The van der Waals surface area contributed by atoms with Gasteiger partial charge in [0.1, 0.15) is 0 Å². The van der Waals surface area contributed by atoms with Crippen LogP contribution in [-0.4, -0.2) is 10.7 Å². The van der Waals surface area contributed by atoms with Crippen LogP contribution in [0.5, 0.6) is 0 Å². The molecule has 2 aromatic rings. The maximum atomic E-state index is 11.9. The molecule has 0 N–H and O–H groups in total. The topological polar surface area (TPSA) is 60.2 Å². The van der Waals surface area contributed by atoms with Crippen molar-refractivity contribution in [2.75, 3.05) is 0 Å². The van der Waals surface area contributed by atoms with Crippen LogP contribution in [0.2, 0.25) is 0 Å². The summed E-state index contributed by atoms with van der Waals surface area (Å²) in [5.74, 6) is -0.105. The summed E-state index contributed by atoms with van der Waals surface area (Å²) in [7, 11) is 0. The fourth-order valence-electron chi connectivity index (χ4n) is 1.47. The summed E-state index contributed by atoms with van der Waals surface area (Å²) >= 11 is 1.52. The highest BCUT2D eigenvalue weighted by Crippen LogP contribution is 2.16. The van der Waals surface area contributed by atoms with Crippen molar-refractivity contribution < 1.29 is 9.72 Å². The van der Waals surface area contributed by atoms with E-state index in [1.807, 2.05) is 16.8 Å². The zero-order valence-electron chi connectivity index (χ0n) is 8.83. The number of nitro benzene ring substituents is 1. The number of thiophene rings is 1. The summed E-state index contributed by atoms with van der Waals surface area (Å²) in [6, 6.07) is 7.69. The van der Waals surface area contributed by atoms with E-state index in [2.05, 4.69) is 0 Å². The standard InChI is InChI=1S/C12H9NO3S/c14-12(6-9-4-5-17-8-9)10-2-1-3-11(7-10)13(15)16/h1-5,7-8H,6H2. The van der Waals surface area contributed by atoms with E-state index >= 15 is 0 Å². The molecule has 0 spiro atoms. The second-order valence-corrected chi connectivity index (χ2v) is 4.32. The number of nitro groups is 1. The summed E-state index contributed by atoms with van der Waals surface area (Å²) in [4.78, 5) is 22.0. The molecule has 0 saturated heterocycles. The van der Waals surface area contributed by atoms with Crippen LogP contribution in [0.15, 0.2) is 41.1 Å². The number of hydrogen-bond acceptors (Lipinski definition) is 4. The van der Waals surface area contributed by atoms with E-state index in [1.165, 1.54) is 29.5 Å². The lowest BCUT2D eigenvalue weighted by molar-refractivity contribution is -0.384. The molecule has 0 fully saturated rings. The zero-order valence-corrected chi connectivity index (χ0v) is 9.65. The Hall–Kier alpha value is -2.01. The van der Waals surface area contributed by atoms with E-state index in [0.29, 0.717) is 5.56 Å². The molecule has 2 rings (SSSR count).